The average Bonchev–Trinajstić information content (AvgIpc) is 2.41. The van der Waals surface area contributed by atoms with Gasteiger partial charge in [0.1, 0.15) is 23.6 Å². The van der Waals surface area contributed by atoms with Gasteiger partial charge >= 0.3 is 12.3 Å². The fourth-order valence-electron chi connectivity index (χ4n) is 1.79. The van der Waals surface area contributed by atoms with Crippen LogP contribution in [0.15, 0.2) is 18.2 Å². The van der Waals surface area contributed by atoms with Gasteiger partial charge in [0.05, 0.1) is 5.56 Å². The van der Waals surface area contributed by atoms with Gasteiger partial charge in [0.25, 0.3) is 0 Å². The summed E-state index contributed by atoms with van der Waals surface area (Å²) in [6, 6.07) is 1.96. The van der Waals surface area contributed by atoms with Crippen molar-refractivity contribution >= 4 is 6.09 Å². The molecule has 2 unspecified atom stereocenters. The van der Waals surface area contributed by atoms with E-state index in [2.05, 4.69) is 5.32 Å². The Morgan fingerprint density at radius 1 is 1.25 bits per heavy atom. The molecule has 0 aromatic heterocycles. The molecule has 0 heterocycles. The van der Waals surface area contributed by atoms with Crippen LogP contribution in [0.25, 0.3) is 0 Å². The zero-order chi connectivity index (χ0) is 18.7. The van der Waals surface area contributed by atoms with Gasteiger partial charge in [-0.2, -0.15) is 13.2 Å². The van der Waals surface area contributed by atoms with Crippen molar-refractivity contribution in [3.63, 3.8) is 0 Å². The van der Waals surface area contributed by atoms with E-state index in [9.17, 15) is 33.3 Å². The highest BCUT2D eigenvalue weighted by Crippen LogP contribution is 2.35. The highest BCUT2D eigenvalue weighted by molar-refractivity contribution is 5.67. The Balaban J connectivity index is 2.79. The monoisotopic (exact) mass is 351 g/mol. The Bertz CT molecular complexity index is 583. The van der Waals surface area contributed by atoms with Gasteiger partial charge in [0.2, 0.25) is 0 Å². The van der Waals surface area contributed by atoms with E-state index in [1.54, 1.807) is 20.8 Å². The molecule has 1 aromatic carbocycles. The molecule has 0 fully saturated rings. The number of hydrogen-bond donors (Lipinski definition) is 4. The minimum atomic E-state index is -4.66. The van der Waals surface area contributed by atoms with Gasteiger partial charge in [-0.1, -0.05) is 0 Å². The quantitative estimate of drug-likeness (QED) is 0.667. The highest BCUT2D eigenvalue weighted by atomic mass is 19.4. The van der Waals surface area contributed by atoms with Gasteiger partial charge < -0.3 is 25.4 Å². The SMILES string of the molecule is CC(C)(C)OC(=O)NCC(O)C(O)c1cc(C(F)(F)F)ccc1O. The number of alkyl carbamates (subject to hydrolysis) is 1. The number of carbonyl (C=O) groups excluding carboxylic acids is 1. The van der Waals surface area contributed by atoms with Crippen molar-refractivity contribution in [1.29, 1.82) is 0 Å². The fraction of sp³-hybridized carbons (Fsp3) is 0.533. The lowest BCUT2D eigenvalue weighted by Gasteiger charge is -2.23. The summed E-state index contributed by atoms with van der Waals surface area (Å²) < 4.78 is 42.9. The summed E-state index contributed by atoms with van der Waals surface area (Å²) in [5.74, 6) is -0.605. The molecule has 136 valence electrons. The molecule has 0 bridgehead atoms. The number of aliphatic hydroxyl groups excluding tert-OH is 2. The largest absolute Gasteiger partial charge is 0.508 e. The maximum Gasteiger partial charge on any atom is 0.416 e. The van der Waals surface area contributed by atoms with Crippen molar-refractivity contribution in [3.8, 4) is 5.75 Å². The maximum absolute atomic E-state index is 12.7. The first-order chi connectivity index (χ1) is 10.8. The van der Waals surface area contributed by atoms with Crippen LogP contribution in [0.2, 0.25) is 0 Å². The van der Waals surface area contributed by atoms with Gasteiger partial charge in [-0.05, 0) is 39.0 Å². The number of nitrogens with one attached hydrogen (secondary N) is 1. The Morgan fingerprint density at radius 3 is 2.33 bits per heavy atom. The molecule has 24 heavy (non-hydrogen) atoms. The molecule has 2 atom stereocenters. The lowest BCUT2D eigenvalue weighted by Crippen LogP contribution is -2.38. The number of aromatic hydroxyl groups is 1. The number of phenols is 1. The highest BCUT2D eigenvalue weighted by Gasteiger charge is 2.33. The van der Waals surface area contributed by atoms with Crippen LogP contribution in [0, 0.1) is 0 Å². The molecule has 4 N–H and O–H groups in total. The molecule has 0 saturated carbocycles. The third-order valence-corrected chi connectivity index (χ3v) is 2.89. The van der Waals surface area contributed by atoms with Crippen molar-refractivity contribution in [2.45, 2.75) is 44.8 Å². The summed E-state index contributed by atoms with van der Waals surface area (Å²) >= 11 is 0. The molecular weight excluding hydrogens is 331 g/mol. The molecule has 1 rings (SSSR count). The van der Waals surface area contributed by atoms with Gasteiger partial charge in [-0.15, -0.1) is 0 Å². The first-order valence-corrected chi connectivity index (χ1v) is 7.04. The van der Waals surface area contributed by atoms with Crippen molar-refractivity contribution in [3.05, 3.63) is 29.3 Å². The van der Waals surface area contributed by atoms with E-state index in [4.69, 9.17) is 4.74 Å². The zero-order valence-electron chi connectivity index (χ0n) is 13.4. The Hall–Kier alpha value is -2.00. The van der Waals surface area contributed by atoms with Gasteiger partial charge in [0.15, 0.2) is 0 Å². The second-order valence-corrected chi connectivity index (χ2v) is 6.17. The van der Waals surface area contributed by atoms with Crippen molar-refractivity contribution in [1.82, 2.24) is 5.32 Å². The predicted octanol–water partition coefficient (Wildman–Crippen LogP) is 2.33. The molecule has 0 saturated heterocycles. The molecule has 1 amide bonds. The summed E-state index contributed by atoms with van der Waals surface area (Å²) in [6.45, 7) is 4.39. The molecule has 0 aliphatic rings. The normalized spacial score (nSPS) is 14.8. The molecule has 9 heteroatoms. The van der Waals surface area contributed by atoms with Gasteiger partial charge in [-0.25, -0.2) is 4.79 Å². The Labute approximate surface area is 136 Å². The summed E-state index contributed by atoms with van der Waals surface area (Å²) in [4.78, 5) is 11.5. The smallest absolute Gasteiger partial charge is 0.416 e. The molecule has 1 aromatic rings. The molecule has 6 nitrogen and oxygen atoms in total. The van der Waals surface area contributed by atoms with Crippen LogP contribution in [0.1, 0.15) is 38.0 Å². The van der Waals surface area contributed by atoms with Crippen molar-refractivity contribution < 1.29 is 38.0 Å². The summed E-state index contributed by atoms with van der Waals surface area (Å²) in [5, 5.41) is 31.5. The molecule has 0 radical (unpaired) electrons. The van der Waals surface area contributed by atoms with Crippen LogP contribution in [0.3, 0.4) is 0 Å². The standard InChI is InChI=1S/C15H20F3NO5/c1-14(2,3)24-13(23)19-7-11(21)12(22)9-6-8(15(16,17)18)4-5-10(9)20/h4-6,11-12,20-22H,7H2,1-3H3,(H,19,23). The second kappa shape index (κ2) is 7.27. The number of benzene rings is 1. The molecule has 0 spiro atoms. The van der Waals surface area contributed by atoms with Crippen LogP contribution in [0.4, 0.5) is 18.0 Å². The number of carbonyl (C=O) groups is 1. The van der Waals surface area contributed by atoms with Crippen LogP contribution < -0.4 is 5.32 Å². The van der Waals surface area contributed by atoms with Gasteiger partial charge in [-0.3, -0.25) is 0 Å². The first kappa shape index (κ1) is 20.0. The van der Waals surface area contributed by atoms with Crippen molar-refractivity contribution in [2.24, 2.45) is 0 Å². The zero-order valence-corrected chi connectivity index (χ0v) is 13.4. The number of halogens is 3. The van der Waals surface area contributed by atoms with Crippen molar-refractivity contribution in [2.75, 3.05) is 6.54 Å². The van der Waals surface area contributed by atoms with Crippen LogP contribution >= 0.6 is 0 Å². The Morgan fingerprint density at radius 2 is 1.83 bits per heavy atom. The number of phenolic OH excluding ortho intramolecular Hbond substituents is 1. The lowest BCUT2D eigenvalue weighted by molar-refractivity contribution is -0.137. The number of ether oxygens (including phenoxy) is 1. The lowest BCUT2D eigenvalue weighted by atomic mass is 10.0. The first-order valence-electron chi connectivity index (χ1n) is 7.04. The fourth-order valence-corrected chi connectivity index (χ4v) is 1.79. The number of hydrogen-bond acceptors (Lipinski definition) is 5. The number of rotatable bonds is 4. The number of alkyl halides is 3. The Kier molecular flexibility index (Phi) is 6.07. The second-order valence-electron chi connectivity index (χ2n) is 6.17. The predicted molar refractivity (Wildman–Crippen MR) is 78.3 cm³/mol. The molecular formula is C15H20F3NO5. The summed E-state index contributed by atoms with van der Waals surface area (Å²) in [7, 11) is 0. The van der Waals surface area contributed by atoms with E-state index in [0.29, 0.717) is 12.1 Å². The van der Waals surface area contributed by atoms with E-state index in [0.717, 1.165) is 6.07 Å². The minimum absolute atomic E-state index is 0.480. The molecule has 0 aliphatic carbocycles. The van der Waals surface area contributed by atoms with E-state index in [-0.39, 0.29) is 0 Å². The van der Waals surface area contributed by atoms with Crippen LogP contribution in [-0.4, -0.2) is 39.7 Å². The van der Waals surface area contributed by atoms with Crippen LogP contribution in [0.5, 0.6) is 5.75 Å². The molecule has 0 aliphatic heterocycles. The van der Waals surface area contributed by atoms with E-state index < -0.39 is 53.5 Å². The number of aliphatic hydroxyl groups is 2. The van der Waals surface area contributed by atoms with E-state index >= 15 is 0 Å². The maximum atomic E-state index is 12.7. The number of amides is 1. The third-order valence-electron chi connectivity index (χ3n) is 2.89. The average molecular weight is 351 g/mol. The summed E-state index contributed by atoms with van der Waals surface area (Å²) in [6.07, 6.45) is -9.00. The topological polar surface area (TPSA) is 99.0 Å². The van der Waals surface area contributed by atoms with E-state index in [1.807, 2.05) is 0 Å². The van der Waals surface area contributed by atoms with Crippen LogP contribution in [-0.2, 0) is 10.9 Å². The van der Waals surface area contributed by atoms with Gasteiger partial charge in [0, 0.05) is 12.1 Å². The minimum Gasteiger partial charge on any atom is -0.508 e. The third kappa shape index (κ3) is 5.89. The van der Waals surface area contributed by atoms with E-state index in [1.165, 1.54) is 0 Å². The summed E-state index contributed by atoms with van der Waals surface area (Å²) in [5.41, 5.74) is -2.35.